The molecule has 2 saturated heterocycles. The highest BCUT2D eigenvalue weighted by Crippen LogP contribution is 2.38. The van der Waals surface area contributed by atoms with Gasteiger partial charge in [0.2, 0.25) is 11.8 Å². The third-order valence-corrected chi connectivity index (χ3v) is 6.36. The Morgan fingerprint density at radius 2 is 1.90 bits per heavy atom. The number of nitrogens with zero attached hydrogens (tertiary/aromatic N) is 2. The summed E-state index contributed by atoms with van der Waals surface area (Å²) in [5.41, 5.74) is 0.386. The predicted octanol–water partition coefficient (Wildman–Crippen LogP) is 2.44. The number of likely N-dealkylation sites (tertiary alicyclic amines) is 2. The molecule has 0 spiro atoms. The lowest BCUT2D eigenvalue weighted by Gasteiger charge is -2.40. The second-order valence-electron chi connectivity index (χ2n) is 8.34. The van der Waals surface area contributed by atoms with Gasteiger partial charge in [0.25, 0.3) is 0 Å². The molecule has 7 nitrogen and oxygen atoms in total. The van der Waals surface area contributed by atoms with Crippen LogP contribution in [0, 0.1) is 11.3 Å². The van der Waals surface area contributed by atoms with E-state index in [0.717, 1.165) is 11.3 Å². The quantitative estimate of drug-likeness (QED) is 0.470. The van der Waals surface area contributed by atoms with Crippen molar-refractivity contribution in [2.45, 2.75) is 32.6 Å². The highest BCUT2D eigenvalue weighted by atomic mass is 16.5. The van der Waals surface area contributed by atoms with Gasteiger partial charge in [-0.1, -0.05) is 18.2 Å². The Hall–Kier alpha value is -2.83. The van der Waals surface area contributed by atoms with Crippen molar-refractivity contribution in [2.24, 2.45) is 11.3 Å². The summed E-state index contributed by atoms with van der Waals surface area (Å²) in [5.74, 6) is 0.249. The maximum Gasteiger partial charge on any atom is 0.312 e. The molecule has 0 saturated carbocycles. The Balaban J connectivity index is 1.67. The van der Waals surface area contributed by atoms with E-state index in [1.54, 1.807) is 23.0 Å². The van der Waals surface area contributed by atoms with Gasteiger partial charge in [0.1, 0.15) is 5.75 Å². The molecular formula is C24H32N2O5. The molecule has 2 aliphatic rings. The fourth-order valence-electron chi connectivity index (χ4n) is 4.55. The Bertz CT molecular complexity index is 812. The van der Waals surface area contributed by atoms with Crippen molar-refractivity contribution in [3.63, 3.8) is 0 Å². The van der Waals surface area contributed by atoms with Crippen LogP contribution < -0.4 is 4.74 Å². The molecule has 168 valence electrons. The van der Waals surface area contributed by atoms with Crippen LogP contribution in [0.5, 0.6) is 5.75 Å². The molecule has 0 bridgehead atoms. The molecule has 0 aromatic heterocycles. The maximum absolute atomic E-state index is 13.0. The molecule has 7 heteroatoms. The summed E-state index contributed by atoms with van der Waals surface area (Å²) in [7, 11) is 1.62. The van der Waals surface area contributed by atoms with Gasteiger partial charge in [0, 0.05) is 32.6 Å². The summed E-state index contributed by atoms with van der Waals surface area (Å²) < 4.78 is 10.6. The Labute approximate surface area is 184 Å². The first-order chi connectivity index (χ1) is 14.9. The highest BCUT2D eigenvalue weighted by Gasteiger charge is 2.45. The molecule has 2 fully saturated rings. The van der Waals surface area contributed by atoms with Gasteiger partial charge >= 0.3 is 5.97 Å². The number of hydrogen-bond acceptors (Lipinski definition) is 5. The fraction of sp³-hybridized carbons (Fsp3) is 0.542. The minimum atomic E-state index is -0.651. The zero-order chi connectivity index (χ0) is 22.4. The van der Waals surface area contributed by atoms with Crippen LogP contribution in [0.15, 0.2) is 36.9 Å². The van der Waals surface area contributed by atoms with E-state index in [0.29, 0.717) is 52.0 Å². The van der Waals surface area contributed by atoms with Crippen LogP contribution in [0.2, 0.25) is 0 Å². The summed E-state index contributed by atoms with van der Waals surface area (Å²) in [6.45, 7) is 7.69. The van der Waals surface area contributed by atoms with Crippen LogP contribution in [0.4, 0.5) is 0 Å². The second-order valence-corrected chi connectivity index (χ2v) is 8.34. The first-order valence-corrected chi connectivity index (χ1v) is 10.9. The Kier molecular flexibility index (Phi) is 7.36. The number of esters is 1. The standard InChI is InChI=1S/C24H32N2O5/c1-4-12-26-17-19(15-21(26)27)22(28)25-13-10-24(11-14-25,23(29)31-5-2)16-18-6-8-20(30-3)9-7-18/h4,6-9,19H,1,5,10-17H2,2-3H3/t19-/m1/s1. The molecular weight excluding hydrogens is 396 g/mol. The summed E-state index contributed by atoms with van der Waals surface area (Å²) in [5, 5.41) is 0. The van der Waals surface area contributed by atoms with Gasteiger partial charge in [-0.15, -0.1) is 6.58 Å². The van der Waals surface area contributed by atoms with Crippen molar-refractivity contribution in [1.29, 1.82) is 0 Å². The van der Waals surface area contributed by atoms with Crippen molar-refractivity contribution in [3.8, 4) is 5.75 Å². The highest BCUT2D eigenvalue weighted by molar-refractivity contribution is 5.89. The molecule has 2 amide bonds. The van der Waals surface area contributed by atoms with Crippen molar-refractivity contribution in [1.82, 2.24) is 9.80 Å². The molecule has 0 radical (unpaired) electrons. The van der Waals surface area contributed by atoms with Crippen LogP contribution in [0.1, 0.15) is 31.7 Å². The normalized spacial score (nSPS) is 20.5. The first-order valence-electron chi connectivity index (χ1n) is 10.9. The summed E-state index contributed by atoms with van der Waals surface area (Å²) in [6.07, 6.45) is 3.57. The van der Waals surface area contributed by atoms with Crippen molar-refractivity contribution < 1.29 is 23.9 Å². The molecule has 3 rings (SSSR count). The SMILES string of the molecule is C=CCN1C[C@H](C(=O)N2CCC(Cc3ccc(OC)cc3)(C(=O)OCC)CC2)CC1=O. The van der Waals surface area contributed by atoms with Gasteiger partial charge < -0.3 is 19.3 Å². The number of hydrogen-bond donors (Lipinski definition) is 0. The number of methoxy groups -OCH3 is 1. The van der Waals surface area contributed by atoms with Gasteiger partial charge in [-0.05, 0) is 43.9 Å². The Morgan fingerprint density at radius 3 is 2.48 bits per heavy atom. The lowest BCUT2D eigenvalue weighted by atomic mass is 9.73. The largest absolute Gasteiger partial charge is 0.497 e. The molecule has 0 aliphatic carbocycles. The Morgan fingerprint density at radius 1 is 1.23 bits per heavy atom. The third kappa shape index (κ3) is 5.09. The topological polar surface area (TPSA) is 76.2 Å². The van der Waals surface area contributed by atoms with Gasteiger partial charge in [0.15, 0.2) is 0 Å². The van der Waals surface area contributed by atoms with Crippen molar-refractivity contribution >= 4 is 17.8 Å². The molecule has 31 heavy (non-hydrogen) atoms. The third-order valence-electron chi connectivity index (χ3n) is 6.36. The molecule has 2 heterocycles. The average molecular weight is 429 g/mol. The smallest absolute Gasteiger partial charge is 0.312 e. The number of carbonyl (C=O) groups excluding carboxylic acids is 3. The van der Waals surface area contributed by atoms with E-state index in [1.807, 2.05) is 31.2 Å². The van der Waals surface area contributed by atoms with E-state index >= 15 is 0 Å². The van der Waals surface area contributed by atoms with E-state index in [-0.39, 0.29) is 30.1 Å². The zero-order valence-corrected chi connectivity index (χ0v) is 18.5. The maximum atomic E-state index is 13.0. The van der Waals surface area contributed by atoms with Crippen LogP contribution in [0.3, 0.4) is 0 Å². The lowest BCUT2D eigenvalue weighted by molar-refractivity contribution is -0.160. The first kappa shape index (κ1) is 22.8. The number of benzene rings is 1. The minimum absolute atomic E-state index is 0.00168. The monoisotopic (exact) mass is 428 g/mol. The van der Waals surface area contributed by atoms with Gasteiger partial charge in [-0.3, -0.25) is 14.4 Å². The van der Waals surface area contributed by atoms with E-state index in [4.69, 9.17) is 9.47 Å². The van der Waals surface area contributed by atoms with Crippen LogP contribution in [0.25, 0.3) is 0 Å². The zero-order valence-electron chi connectivity index (χ0n) is 18.5. The predicted molar refractivity (Wildman–Crippen MR) is 116 cm³/mol. The number of carbonyl (C=O) groups is 3. The minimum Gasteiger partial charge on any atom is -0.497 e. The summed E-state index contributed by atoms with van der Waals surface area (Å²) >= 11 is 0. The number of rotatable bonds is 8. The molecule has 0 unspecified atom stereocenters. The summed E-state index contributed by atoms with van der Waals surface area (Å²) in [4.78, 5) is 41.5. The lowest BCUT2D eigenvalue weighted by Crippen LogP contribution is -2.49. The molecule has 1 atom stereocenters. The van der Waals surface area contributed by atoms with Crippen LogP contribution in [-0.2, 0) is 25.5 Å². The van der Waals surface area contributed by atoms with Gasteiger partial charge in [-0.2, -0.15) is 0 Å². The molecule has 0 N–H and O–H groups in total. The van der Waals surface area contributed by atoms with Crippen LogP contribution in [-0.4, -0.2) is 67.5 Å². The summed E-state index contributed by atoms with van der Waals surface area (Å²) in [6, 6.07) is 7.71. The van der Waals surface area contributed by atoms with Gasteiger partial charge in [-0.25, -0.2) is 0 Å². The van der Waals surface area contributed by atoms with E-state index in [1.165, 1.54) is 0 Å². The molecule has 1 aromatic rings. The van der Waals surface area contributed by atoms with Crippen molar-refractivity contribution in [3.05, 3.63) is 42.5 Å². The number of ether oxygens (including phenoxy) is 2. The number of amides is 2. The molecule has 2 aliphatic heterocycles. The fourth-order valence-corrected chi connectivity index (χ4v) is 4.55. The average Bonchev–Trinajstić information content (AvgIpc) is 3.15. The van der Waals surface area contributed by atoms with Gasteiger partial charge in [0.05, 0.1) is 25.0 Å². The van der Waals surface area contributed by atoms with E-state index in [9.17, 15) is 14.4 Å². The van der Waals surface area contributed by atoms with E-state index < -0.39 is 5.41 Å². The van der Waals surface area contributed by atoms with Crippen molar-refractivity contribution in [2.75, 3.05) is 39.9 Å². The number of piperidine rings is 1. The molecule has 1 aromatic carbocycles. The van der Waals surface area contributed by atoms with E-state index in [2.05, 4.69) is 6.58 Å². The van der Waals surface area contributed by atoms with Crippen LogP contribution >= 0.6 is 0 Å². The second kappa shape index (κ2) is 9.98.